The maximum absolute atomic E-state index is 13.3. The molecule has 0 unspecified atom stereocenters. The maximum atomic E-state index is 13.3. The molecule has 0 aliphatic heterocycles. The number of amidine groups is 1. The van der Waals surface area contributed by atoms with E-state index in [-0.39, 0.29) is 21.8 Å². The number of unbranched alkanes of at least 4 members (excludes halogenated alkanes) is 1. The number of carbonyl (C=O) groups is 1. The van der Waals surface area contributed by atoms with Crippen molar-refractivity contribution in [3.8, 4) is 0 Å². The van der Waals surface area contributed by atoms with Gasteiger partial charge in [-0.2, -0.15) is 0 Å². The quantitative estimate of drug-likeness (QED) is 0.195. The Kier molecular flexibility index (Phi) is 7.44. The van der Waals surface area contributed by atoms with E-state index in [0.29, 0.717) is 18.8 Å². The second-order valence-electron chi connectivity index (χ2n) is 5.01. The average molecular weight is 430 g/mol. The number of nitrogens with two attached hydrogens (primary N) is 1. The Labute approximate surface area is 156 Å². The van der Waals surface area contributed by atoms with Gasteiger partial charge >= 0.3 is 6.03 Å². The summed E-state index contributed by atoms with van der Waals surface area (Å²) in [7, 11) is 0. The van der Waals surface area contributed by atoms with Crippen molar-refractivity contribution in [1.29, 1.82) is 0 Å². The van der Waals surface area contributed by atoms with E-state index in [1.165, 1.54) is 18.2 Å². The molecule has 1 aromatic carbocycles. The Morgan fingerprint density at radius 2 is 2.19 bits per heavy atom. The van der Waals surface area contributed by atoms with Gasteiger partial charge in [-0.3, -0.25) is 16.0 Å². The minimum Gasteiger partial charge on any atom is -0.338 e. The van der Waals surface area contributed by atoms with Crippen LogP contribution >= 0.6 is 15.9 Å². The maximum Gasteiger partial charge on any atom is 0.320 e. The first-order chi connectivity index (χ1) is 12.5. The standard InChI is InChI=1S/C14H17BrFN7O3/c15-9-7-8(3-4-10(9)16)19-12(21-25)11-13(23-26-22-11)20-14(24)18-6-2-1-5-17/h3-4,7,25H,1-2,5-6,17H2,(H,19,21)(H2,18,20,23,24). The molecule has 0 aliphatic rings. The van der Waals surface area contributed by atoms with Crippen LogP contribution in [0, 0.1) is 5.82 Å². The zero-order chi connectivity index (χ0) is 18.9. The summed E-state index contributed by atoms with van der Waals surface area (Å²) in [5, 5.41) is 21.5. The van der Waals surface area contributed by atoms with Crippen LogP contribution in [0.2, 0.25) is 0 Å². The van der Waals surface area contributed by atoms with Gasteiger partial charge < -0.3 is 11.1 Å². The molecule has 0 aliphatic carbocycles. The highest BCUT2D eigenvalue weighted by Gasteiger charge is 2.18. The van der Waals surface area contributed by atoms with Crippen molar-refractivity contribution in [3.63, 3.8) is 0 Å². The molecule has 2 rings (SSSR count). The highest BCUT2D eigenvalue weighted by atomic mass is 79.9. The zero-order valence-corrected chi connectivity index (χ0v) is 15.1. The number of aromatic nitrogens is 2. The fourth-order valence-corrected chi connectivity index (χ4v) is 2.23. The van der Waals surface area contributed by atoms with Crippen LogP contribution in [-0.4, -0.2) is 40.5 Å². The largest absolute Gasteiger partial charge is 0.338 e. The summed E-state index contributed by atoms with van der Waals surface area (Å²) in [5.41, 5.74) is 7.51. The van der Waals surface area contributed by atoms with E-state index in [2.05, 4.69) is 46.5 Å². The molecule has 0 atom stereocenters. The number of nitrogens with one attached hydrogen (secondary N) is 3. The molecule has 2 amide bonds. The summed E-state index contributed by atoms with van der Waals surface area (Å²) in [6.07, 6.45) is 1.52. The third kappa shape index (κ3) is 5.47. The van der Waals surface area contributed by atoms with Gasteiger partial charge in [0.25, 0.3) is 0 Å². The van der Waals surface area contributed by atoms with E-state index < -0.39 is 11.8 Å². The normalized spacial score (nSPS) is 11.3. The Morgan fingerprint density at radius 1 is 1.38 bits per heavy atom. The molecule has 140 valence electrons. The SMILES string of the molecule is NCCCCNC(=O)Nc1nonc1C(=Nc1ccc(F)c(Br)c1)NO. The van der Waals surface area contributed by atoms with E-state index in [1.807, 2.05) is 5.48 Å². The van der Waals surface area contributed by atoms with Crippen molar-refractivity contribution in [2.45, 2.75) is 12.8 Å². The van der Waals surface area contributed by atoms with Crippen molar-refractivity contribution >= 4 is 39.3 Å². The number of aliphatic imine (C=N–C) groups is 1. The lowest BCUT2D eigenvalue weighted by Crippen LogP contribution is -2.31. The minimum atomic E-state index is -0.527. The summed E-state index contributed by atoms with van der Waals surface area (Å²) in [4.78, 5) is 15.9. The molecule has 0 radical (unpaired) electrons. The monoisotopic (exact) mass is 429 g/mol. The van der Waals surface area contributed by atoms with Gasteiger partial charge in [0.15, 0.2) is 11.5 Å². The number of nitrogens with zero attached hydrogens (tertiary/aromatic N) is 3. The molecule has 0 bridgehead atoms. The number of hydrogen-bond acceptors (Lipinski definition) is 7. The number of carbonyl (C=O) groups excluding carboxylic acids is 1. The minimum absolute atomic E-state index is 0.0370. The molecular weight excluding hydrogens is 413 g/mol. The Morgan fingerprint density at radius 3 is 2.88 bits per heavy atom. The lowest BCUT2D eigenvalue weighted by Gasteiger charge is -2.06. The number of halogens is 2. The van der Waals surface area contributed by atoms with Crippen LogP contribution in [0.4, 0.5) is 20.7 Å². The molecule has 10 nitrogen and oxygen atoms in total. The molecule has 26 heavy (non-hydrogen) atoms. The fourth-order valence-electron chi connectivity index (χ4n) is 1.86. The number of amides is 2. The summed E-state index contributed by atoms with van der Waals surface area (Å²) in [5.74, 6) is -0.662. The summed E-state index contributed by atoms with van der Waals surface area (Å²) >= 11 is 3.04. The van der Waals surface area contributed by atoms with Crippen LogP contribution < -0.4 is 21.8 Å². The van der Waals surface area contributed by atoms with Gasteiger partial charge in [-0.05, 0) is 63.8 Å². The van der Waals surface area contributed by atoms with Crippen LogP contribution in [0.3, 0.4) is 0 Å². The van der Waals surface area contributed by atoms with Crippen LogP contribution in [-0.2, 0) is 0 Å². The van der Waals surface area contributed by atoms with Crippen molar-refractivity contribution in [1.82, 2.24) is 21.1 Å². The lowest BCUT2D eigenvalue weighted by molar-refractivity contribution is 0.234. The van der Waals surface area contributed by atoms with E-state index in [9.17, 15) is 14.4 Å². The van der Waals surface area contributed by atoms with E-state index >= 15 is 0 Å². The molecule has 2 aromatic rings. The van der Waals surface area contributed by atoms with Gasteiger partial charge in [-0.25, -0.2) is 18.8 Å². The molecule has 1 aromatic heterocycles. The highest BCUT2D eigenvalue weighted by Crippen LogP contribution is 2.23. The molecule has 0 saturated heterocycles. The number of benzene rings is 1. The number of hydroxylamine groups is 1. The molecule has 0 fully saturated rings. The number of urea groups is 1. The first kappa shape index (κ1) is 19.8. The number of anilines is 1. The number of rotatable bonds is 7. The van der Waals surface area contributed by atoms with Crippen molar-refractivity contribution < 1.29 is 19.0 Å². The van der Waals surface area contributed by atoms with Gasteiger partial charge in [-0.15, -0.1) is 0 Å². The van der Waals surface area contributed by atoms with Gasteiger partial charge in [0, 0.05) is 6.54 Å². The van der Waals surface area contributed by atoms with Gasteiger partial charge in [0.2, 0.25) is 5.82 Å². The van der Waals surface area contributed by atoms with Gasteiger partial charge in [0.1, 0.15) is 5.82 Å². The topological polar surface area (TPSA) is 151 Å². The average Bonchev–Trinajstić information content (AvgIpc) is 3.07. The summed E-state index contributed by atoms with van der Waals surface area (Å²) in [6.45, 7) is 0.981. The Bertz CT molecular complexity index is 784. The molecule has 1 heterocycles. The first-order valence-electron chi connectivity index (χ1n) is 7.57. The third-order valence-electron chi connectivity index (χ3n) is 3.11. The molecule has 12 heteroatoms. The van der Waals surface area contributed by atoms with Gasteiger partial charge in [0.05, 0.1) is 10.2 Å². The Hall–Kier alpha value is -2.57. The highest BCUT2D eigenvalue weighted by molar-refractivity contribution is 9.10. The van der Waals surface area contributed by atoms with Crippen LogP contribution in [0.1, 0.15) is 18.5 Å². The van der Waals surface area contributed by atoms with Crippen LogP contribution in [0.15, 0.2) is 32.3 Å². The Balaban J connectivity index is 2.12. The molecule has 0 spiro atoms. The molecule has 0 saturated carbocycles. The van der Waals surface area contributed by atoms with E-state index in [4.69, 9.17) is 5.73 Å². The predicted molar refractivity (Wildman–Crippen MR) is 94.8 cm³/mol. The zero-order valence-electron chi connectivity index (χ0n) is 13.5. The lowest BCUT2D eigenvalue weighted by atomic mass is 10.3. The smallest absolute Gasteiger partial charge is 0.320 e. The van der Waals surface area contributed by atoms with Gasteiger partial charge in [-0.1, -0.05) is 0 Å². The fraction of sp³-hybridized carbons (Fsp3) is 0.286. The third-order valence-corrected chi connectivity index (χ3v) is 3.72. The summed E-state index contributed by atoms with van der Waals surface area (Å²) in [6, 6.07) is 3.47. The molecule has 6 N–H and O–H groups in total. The van der Waals surface area contributed by atoms with Crippen molar-refractivity contribution in [2.24, 2.45) is 10.7 Å². The predicted octanol–water partition coefficient (Wildman–Crippen LogP) is 1.89. The van der Waals surface area contributed by atoms with E-state index in [1.54, 1.807) is 0 Å². The molecular formula is C14H17BrFN7O3. The summed E-state index contributed by atoms with van der Waals surface area (Å²) < 4.78 is 18.1. The second-order valence-corrected chi connectivity index (χ2v) is 5.86. The van der Waals surface area contributed by atoms with Crippen LogP contribution in [0.5, 0.6) is 0 Å². The number of hydrogen-bond donors (Lipinski definition) is 5. The van der Waals surface area contributed by atoms with Crippen molar-refractivity contribution in [3.05, 3.63) is 34.2 Å². The van der Waals surface area contributed by atoms with E-state index in [0.717, 1.165) is 12.8 Å². The van der Waals surface area contributed by atoms with Crippen LogP contribution in [0.25, 0.3) is 0 Å². The van der Waals surface area contributed by atoms with Crippen molar-refractivity contribution in [2.75, 3.05) is 18.4 Å². The second kappa shape index (κ2) is 9.79. The first-order valence-corrected chi connectivity index (χ1v) is 8.36.